The number of hydrogen-bond donors (Lipinski definition) is 0. The second-order valence-corrected chi connectivity index (χ2v) is 6.74. The highest BCUT2D eigenvalue weighted by atomic mass is 16.5. The third kappa shape index (κ3) is 4.24. The number of rotatable bonds is 9. The summed E-state index contributed by atoms with van der Waals surface area (Å²) in [4.78, 5) is 24.6. The summed E-state index contributed by atoms with van der Waals surface area (Å²) in [6.07, 6.45) is 5.17. The Kier molecular flexibility index (Phi) is 6.50. The first kappa shape index (κ1) is 20.4. The summed E-state index contributed by atoms with van der Waals surface area (Å²) in [6, 6.07) is 11.1. The summed E-state index contributed by atoms with van der Waals surface area (Å²) in [5, 5.41) is 1.81. The number of fused-ring (bicyclic) bond motifs is 3. The zero-order valence-corrected chi connectivity index (χ0v) is 16.6. The first-order valence-electron chi connectivity index (χ1n) is 9.72. The average Bonchev–Trinajstić information content (AvgIpc) is 3.06. The average molecular weight is 391 g/mol. The minimum Gasteiger partial charge on any atom is -0.458 e. The van der Waals surface area contributed by atoms with Crippen LogP contribution in [0.5, 0.6) is 0 Å². The van der Waals surface area contributed by atoms with Crippen molar-refractivity contribution in [3.05, 3.63) is 72.8 Å². The minimum atomic E-state index is -0.400. The van der Waals surface area contributed by atoms with Crippen molar-refractivity contribution < 1.29 is 19.1 Å². The maximum absolute atomic E-state index is 12.3. The summed E-state index contributed by atoms with van der Waals surface area (Å²) in [6.45, 7) is 10.5. The van der Waals surface area contributed by atoms with Gasteiger partial charge in [-0.2, -0.15) is 0 Å². The number of hydrogen-bond acceptors (Lipinski definition) is 4. The Morgan fingerprint density at radius 3 is 1.79 bits per heavy atom. The monoisotopic (exact) mass is 391 g/mol. The van der Waals surface area contributed by atoms with Crippen molar-refractivity contribution in [2.75, 3.05) is 13.2 Å². The molecule has 1 aromatic heterocycles. The van der Waals surface area contributed by atoms with Crippen LogP contribution in [0, 0.1) is 0 Å². The van der Waals surface area contributed by atoms with Crippen molar-refractivity contribution in [1.29, 1.82) is 0 Å². The molecule has 0 aliphatic heterocycles. The number of carbonyl (C=O) groups is 2. The zero-order chi connectivity index (χ0) is 20.8. The van der Waals surface area contributed by atoms with Crippen molar-refractivity contribution in [3.63, 3.8) is 0 Å². The van der Waals surface area contributed by atoms with Crippen molar-refractivity contribution >= 4 is 33.7 Å². The summed E-state index contributed by atoms with van der Waals surface area (Å²) < 4.78 is 12.6. The van der Waals surface area contributed by atoms with Gasteiger partial charge in [-0.15, -0.1) is 0 Å². The van der Waals surface area contributed by atoms with Gasteiger partial charge in [-0.3, -0.25) is 0 Å². The molecule has 0 bridgehead atoms. The van der Waals surface area contributed by atoms with E-state index < -0.39 is 11.9 Å². The number of esters is 2. The van der Waals surface area contributed by atoms with E-state index in [9.17, 15) is 9.59 Å². The van der Waals surface area contributed by atoms with Crippen LogP contribution >= 0.6 is 0 Å². The zero-order valence-electron chi connectivity index (χ0n) is 16.6. The molecule has 5 nitrogen and oxygen atoms in total. The van der Waals surface area contributed by atoms with Crippen LogP contribution in [0.4, 0.5) is 0 Å². The Morgan fingerprint density at radius 1 is 0.897 bits per heavy atom. The van der Waals surface area contributed by atoms with Crippen LogP contribution < -0.4 is 0 Å². The van der Waals surface area contributed by atoms with Crippen LogP contribution in [0.15, 0.2) is 61.7 Å². The predicted octanol–water partition coefficient (Wildman–Crippen LogP) is 5.28. The molecule has 0 aliphatic carbocycles. The molecule has 0 atom stereocenters. The van der Waals surface area contributed by atoms with Crippen LogP contribution in [0.3, 0.4) is 0 Å². The minimum absolute atomic E-state index is 0.161. The molecule has 2 aromatic carbocycles. The van der Waals surface area contributed by atoms with E-state index in [-0.39, 0.29) is 13.2 Å². The van der Waals surface area contributed by atoms with E-state index in [0.717, 1.165) is 41.2 Å². The molecule has 0 saturated heterocycles. The van der Waals surface area contributed by atoms with Crippen molar-refractivity contribution in [2.45, 2.75) is 26.3 Å². The third-order valence-corrected chi connectivity index (χ3v) is 4.74. The Labute approximate surface area is 170 Å². The summed E-state index contributed by atoms with van der Waals surface area (Å²) in [7, 11) is 0. The molecular weight excluding hydrogens is 366 g/mol. The van der Waals surface area contributed by atoms with E-state index in [1.165, 1.54) is 12.2 Å². The molecule has 0 fully saturated rings. The van der Waals surface area contributed by atoms with Crippen molar-refractivity contribution in [2.24, 2.45) is 0 Å². The van der Waals surface area contributed by atoms with Gasteiger partial charge in [0.2, 0.25) is 0 Å². The van der Waals surface area contributed by atoms with Gasteiger partial charge in [-0.25, -0.2) is 9.59 Å². The van der Waals surface area contributed by atoms with E-state index in [1.807, 2.05) is 24.3 Å². The van der Waals surface area contributed by atoms with Gasteiger partial charge >= 0.3 is 11.9 Å². The number of aryl methyl sites for hydroxylation is 1. The van der Waals surface area contributed by atoms with Crippen LogP contribution in [0.2, 0.25) is 0 Å². The first-order chi connectivity index (χ1) is 14.1. The van der Waals surface area contributed by atoms with Crippen molar-refractivity contribution in [3.8, 4) is 0 Å². The predicted molar refractivity (Wildman–Crippen MR) is 115 cm³/mol. The first-order valence-corrected chi connectivity index (χ1v) is 9.72. The van der Waals surface area contributed by atoms with Crippen LogP contribution in [0.25, 0.3) is 21.8 Å². The molecule has 0 saturated carbocycles. The number of aromatic nitrogens is 1. The van der Waals surface area contributed by atoms with Gasteiger partial charge in [-0.1, -0.05) is 38.7 Å². The van der Waals surface area contributed by atoms with E-state index >= 15 is 0 Å². The largest absolute Gasteiger partial charge is 0.458 e. The molecule has 0 aliphatic rings. The highest BCUT2D eigenvalue weighted by Crippen LogP contribution is 2.31. The molecule has 5 heteroatoms. The molecule has 0 unspecified atom stereocenters. The van der Waals surface area contributed by atoms with Crippen LogP contribution in [-0.4, -0.2) is 29.7 Å². The highest BCUT2D eigenvalue weighted by Gasteiger charge is 2.16. The molecule has 0 spiro atoms. The number of ether oxygens (including phenoxy) is 2. The molecule has 0 amide bonds. The fourth-order valence-electron chi connectivity index (χ4n) is 3.35. The molecule has 1 heterocycles. The lowest BCUT2D eigenvalue weighted by Gasteiger charge is -2.07. The number of carbonyl (C=O) groups excluding carboxylic acids is 2. The summed E-state index contributed by atoms with van der Waals surface area (Å²) in [5.41, 5.74) is 2.97. The molecule has 3 rings (SSSR count). The van der Waals surface area contributed by atoms with E-state index in [1.54, 1.807) is 12.1 Å². The second-order valence-electron chi connectivity index (χ2n) is 6.74. The Morgan fingerprint density at radius 2 is 1.38 bits per heavy atom. The second kappa shape index (κ2) is 9.24. The Balaban J connectivity index is 2.14. The van der Waals surface area contributed by atoms with Gasteiger partial charge in [0.15, 0.2) is 0 Å². The van der Waals surface area contributed by atoms with Crippen molar-refractivity contribution in [1.82, 2.24) is 4.57 Å². The number of nitrogens with zero attached hydrogens (tertiary/aromatic N) is 1. The smallest absolute Gasteiger partial charge is 0.338 e. The lowest BCUT2D eigenvalue weighted by atomic mass is 10.1. The Hall–Kier alpha value is -3.34. The van der Waals surface area contributed by atoms with Gasteiger partial charge < -0.3 is 14.0 Å². The normalized spacial score (nSPS) is 10.8. The molecule has 3 aromatic rings. The quantitative estimate of drug-likeness (QED) is 0.368. The topological polar surface area (TPSA) is 57.5 Å². The molecule has 0 radical (unpaired) electrons. The van der Waals surface area contributed by atoms with Gasteiger partial charge in [0.25, 0.3) is 0 Å². The van der Waals surface area contributed by atoms with Gasteiger partial charge in [-0.05, 0) is 42.8 Å². The summed E-state index contributed by atoms with van der Waals surface area (Å²) in [5.74, 6) is -0.800. The number of benzene rings is 2. The van der Waals surface area contributed by atoms with Gasteiger partial charge in [0, 0.05) is 28.4 Å². The fraction of sp³-hybridized carbons (Fsp3) is 0.250. The van der Waals surface area contributed by atoms with Gasteiger partial charge in [0.1, 0.15) is 13.2 Å². The standard InChI is InChI=1S/C24H25NO4/c1-4-7-12-25-21-10-8-17(23(26)28-13-5-2)15-19(21)20-16-18(9-11-22(20)25)24(27)29-14-6-3/h5-6,8-11,15-16H,2-4,7,12-14H2,1H3. The van der Waals surface area contributed by atoms with E-state index in [0.29, 0.717) is 11.1 Å². The highest BCUT2D eigenvalue weighted by molar-refractivity contribution is 6.12. The molecule has 29 heavy (non-hydrogen) atoms. The lowest BCUT2D eigenvalue weighted by molar-refractivity contribution is 0.0540. The lowest BCUT2D eigenvalue weighted by Crippen LogP contribution is -2.05. The van der Waals surface area contributed by atoms with Gasteiger partial charge in [0.05, 0.1) is 11.1 Å². The SMILES string of the molecule is C=CCOC(=O)c1ccc2c(c1)c1cc(C(=O)OCC=C)ccc1n2CCCC. The maximum atomic E-state index is 12.3. The fourth-order valence-corrected chi connectivity index (χ4v) is 3.35. The Bertz CT molecular complexity index is 996. The third-order valence-electron chi connectivity index (χ3n) is 4.74. The summed E-state index contributed by atoms with van der Waals surface area (Å²) >= 11 is 0. The molecule has 0 N–H and O–H groups in total. The van der Waals surface area contributed by atoms with Crippen LogP contribution in [-0.2, 0) is 16.0 Å². The molecule has 150 valence electrons. The maximum Gasteiger partial charge on any atom is 0.338 e. The van der Waals surface area contributed by atoms with E-state index in [2.05, 4.69) is 24.6 Å². The molecular formula is C24H25NO4. The van der Waals surface area contributed by atoms with E-state index in [4.69, 9.17) is 9.47 Å². The number of unbranched alkanes of at least 4 members (excludes halogenated alkanes) is 1. The van der Waals surface area contributed by atoms with Crippen LogP contribution in [0.1, 0.15) is 40.5 Å².